The number of hydrogen-bond acceptors (Lipinski definition) is 2. The number of allylic oxidation sites excluding steroid dienone is 1. The van der Waals surface area contributed by atoms with Gasteiger partial charge in [0.25, 0.3) is 0 Å². The van der Waals surface area contributed by atoms with Crippen LogP contribution in [0.1, 0.15) is 43.2 Å². The first-order chi connectivity index (χ1) is 10.1. The molecule has 0 spiro atoms. The summed E-state index contributed by atoms with van der Waals surface area (Å²) in [6.45, 7) is 4.95. The number of carbonyl (C=O) groups excluding carboxylic acids is 1. The molecule has 1 aromatic rings. The van der Waals surface area contributed by atoms with Crippen LogP contribution >= 0.6 is 11.8 Å². The van der Waals surface area contributed by atoms with E-state index < -0.39 is 0 Å². The zero-order chi connectivity index (χ0) is 15.1. The summed E-state index contributed by atoms with van der Waals surface area (Å²) in [6, 6.07) is 6.38. The monoisotopic (exact) mass is 303 g/mol. The Bertz CT molecular complexity index is 522. The first-order valence-electron chi connectivity index (χ1n) is 7.80. The van der Waals surface area contributed by atoms with Gasteiger partial charge in [0.1, 0.15) is 0 Å². The van der Waals surface area contributed by atoms with E-state index in [-0.39, 0.29) is 5.91 Å². The molecule has 2 rings (SSSR count). The summed E-state index contributed by atoms with van der Waals surface area (Å²) in [4.78, 5) is 13.1. The molecule has 0 aliphatic heterocycles. The summed E-state index contributed by atoms with van der Waals surface area (Å²) < 4.78 is 0. The zero-order valence-corrected chi connectivity index (χ0v) is 13.9. The van der Waals surface area contributed by atoms with E-state index >= 15 is 0 Å². The topological polar surface area (TPSA) is 29.1 Å². The lowest BCUT2D eigenvalue weighted by Gasteiger charge is -2.13. The van der Waals surface area contributed by atoms with E-state index in [1.807, 2.05) is 0 Å². The lowest BCUT2D eigenvalue weighted by Crippen LogP contribution is -2.26. The average molecular weight is 303 g/mol. The highest BCUT2D eigenvalue weighted by molar-refractivity contribution is 8.00. The van der Waals surface area contributed by atoms with Gasteiger partial charge in [-0.25, -0.2) is 0 Å². The van der Waals surface area contributed by atoms with E-state index in [1.165, 1.54) is 47.3 Å². The molecule has 0 aromatic heterocycles. The van der Waals surface area contributed by atoms with Crippen LogP contribution in [-0.2, 0) is 4.79 Å². The molecular formula is C18H25NOS. The van der Waals surface area contributed by atoms with Crippen molar-refractivity contribution in [2.45, 2.75) is 50.8 Å². The van der Waals surface area contributed by atoms with Gasteiger partial charge in [-0.2, -0.15) is 0 Å². The molecule has 1 aliphatic carbocycles. The van der Waals surface area contributed by atoms with Crippen molar-refractivity contribution in [2.75, 3.05) is 12.3 Å². The summed E-state index contributed by atoms with van der Waals surface area (Å²) in [5, 5.41) is 3.03. The van der Waals surface area contributed by atoms with Gasteiger partial charge in [-0.15, -0.1) is 11.8 Å². The van der Waals surface area contributed by atoms with Gasteiger partial charge in [0.2, 0.25) is 5.91 Å². The first-order valence-corrected chi connectivity index (χ1v) is 8.78. The number of rotatable bonds is 6. The van der Waals surface area contributed by atoms with Gasteiger partial charge >= 0.3 is 0 Å². The van der Waals surface area contributed by atoms with E-state index in [0.29, 0.717) is 5.75 Å². The van der Waals surface area contributed by atoms with E-state index in [4.69, 9.17) is 0 Å². The van der Waals surface area contributed by atoms with Gasteiger partial charge in [-0.3, -0.25) is 4.79 Å². The van der Waals surface area contributed by atoms with E-state index in [1.54, 1.807) is 11.8 Å². The number of hydrogen-bond donors (Lipinski definition) is 1. The molecule has 0 saturated carbocycles. The largest absolute Gasteiger partial charge is 0.355 e. The fourth-order valence-corrected chi connectivity index (χ4v) is 3.50. The number of aryl methyl sites for hydroxylation is 2. The van der Waals surface area contributed by atoms with Gasteiger partial charge < -0.3 is 5.32 Å². The van der Waals surface area contributed by atoms with Crippen LogP contribution in [0.5, 0.6) is 0 Å². The molecular weight excluding hydrogens is 278 g/mol. The van der Waals surface area contributed by atoms with Crippen molar-refractivity contribution in [3.63, 3.8) is 0 Å². The first kappa shape index (κ1) is 16.2. The SMILES string of the molecule is Cc1ccc(C)c(SCC(=O)NCCC2=CCCCC2)c1. The maximum atomic E-state index is 11.9. The summed E-state index contributed by atoms with van der Waals surface area (Å²) in [5.41, 5.74) is 4.00. The van der Waals surface area contributed by atoms with Crippen molar-refractivity contribution in [3.8, 4) is 0 Å². The van der Waals surface area contributed by atoms with Gasteiger partial charge in [-0.05, 0) is 57.6 Å². The molecule has 1 N–H and O–H groups in total. The van der Waals surface area contributed by atoms with Crippen LogP contribution in [-0.4, -0.2) is 18.2 Å². The molecule has 3 heteroatoms. The van der Waals surface area contributed by atoms with Crippen LogP contribution < -0.4 is 5.32 Å². The molecule has 114 valence electrons. The molecule has 21 heavy (non-hydrogen) atoms. The Labute approximate surface area is 132 Å². The number of amides is 1. The highest BCUT2D eigenvalue weighted by atomic mass is 32.2. The molecule has 0 bridgehead atoms. The second kappa shape index (κ2) is 8.28. The summed E-state index contributed by atoms with van der Waals surface area (Å²) >= 11 is 1.63. The molecule has 0 heterocycles. The molecule has 0 atom stereocenters. The summed E-state index contributed by atoms with van der Waals surface area (Å²) in [7, 11) is 0. The van der Waals surface area contributed by atoms with Crippen LogP contribution in [0.25, 0.3) is 0 Å². The lowest BCUT2D eigenvalue weighted by atomic mass is 9.97. The Balaban J connectivity index is 1.69. The third-order valence-corrected chi connectivity index (χ3v) is 5.01. The predicted molar refractivity (Wildman–Crippen MR) is 90.8 cm³/mol. The zero-order valence-electron chi connectivity index (χ0n) is 13.1. The highest BCUT2D eigenvalue weighted by Gasteiger charge is 2.07. The van der Waals surface area contributed by atoms with Gasteiger partial charge in [0.05, 0.1) is 5.75 Å². The predicted octanol–water partition coefficient (Wildman–Crippen LogP) is 4.40. The number of nitrogens with one attached hydrogen (secondary N) is 1. The minimum Gasteiger partial charge on any atom is -0.355 e. The number of carbonyl (C=O) groups is 1. The Morgan fingerprint density at radius 2 is 2.14 bits per heavy atom. The van der Waals surface area contributed by atoms with E-state index in [2.05, 4.69) is 43.4 Å². The molecule has 0 fully saturated rings. The van der Waals surface area contributed by atoms with Crippen molar-refractivity contribution in [3.05, 3.63) is 41.0 Å². The maximum absolute atomic E-state index is 11.9. The van der Waals surface area contributed by atoms with Gasteiger partial charge in [0, 0.05) is 11.4 Å². The van der Waals surface area contributed by atoms with Crippen molar-refractivity contribution < 1.29 is 4.79 Å². The minimum atomic E-state index is 0.136. The third-order valence-electron chi connectivity index (χ3n) is 3.86. The normalized spacial score (nSPS) is 14.7. The Morgan fingerprint density at radius 3 is 2.90 bits per heavy atom. The van der Waals surface area contributed by atoms with E-state index in [0.717, 1.165) is 13.0 Å². The van der Waals surface area contributed by atoms with Crippen LogP contribution in [0, 0.1) is 13.8 Å². The standard InChI is InChI=1S/C18H25NOS/c1-14-8-9-15(2)17(12-14)21-13-18(20)19-11-10-16-6-4-3-5-7-16/h6,8-9,12H,3-5,7,10-11,13H2,1-2H3,(H,19,20). The van der Waals surface area contributed by atoms with Gasteiger partial charge in [0.15, 0.2) is 0 Å². The van der Waals surface area contributed by atoms with Crippen LogP contribution in [0.15, 0.2) is 34.7 Å². The maximum Gasteiger partial charge on any atom is 0.230 e. The van der Waals surface area contributed by atoms with Gasteiger partial charge in [-0.1, -0.05) is 29.3 Å². The van der Waals surface area contributed by atoms with Crippen LogP contribution in [0.4, 0.5) is 0 Å². The van der Waals surface area contributed by atoms with Crippen LogP contribution in [0.2, 0.25) is 0 Å². The second-order valence-electron chi connectivity index (χ2n) is 5.77. The smallest absolute Gasteiger partial charge is 0.230 e. The van der Waals surface area contributed by atoms with Crippen molar-refractivity contribution in [2.24, 2.45) is 0 Å². The summed E-state index contributed by atoms with van der Waals surface area (Å²) in [5.74, 6) is 0.640. The van der Waals surface area contributed by atoms with Crippen molar-refractivity contribution in [1.82, 2.24) is 5.32 Å². The van der Waals surface area contributed by atoms with E-state index in [9.17, 15) is 4.79 Å². The van der Waals surface area contributed by atoms with Crippen molar-refractivity contribution >= 4 is 17.7 Å². The fourth-order valence-electron chi connectivity index (χ4n) is 2.55. The Morgan fingerprint density at radius 1 is 1.29 bits per heavy atom. The second-order valence-corrected chi connectivity index (χ2v) is 6.78. The molecule has 0 unspecified atom stereocenters. The summed E-state index contributed by atoms with van der Waals surface area (Å²) in [6.07, 6.45) is 8.42. The molecule has 1 amide bonds. The molecule has 1 aromatic carbocycles. The lowest BCUT2D eigenvalue weighted by molar-refractivity contribution is -0.118. The number of benzene rings is 1. The fraction of sp³-hybridized carbons (Fsp3) is 0.500. The Hall–Kier alpha value is -1.22. The third kappa shape index (κ3) is 5.58. The molecule has 1 aliphatic rings. The van der Waals surface area contributed by atoms with Crippen LogP contribution in [0.3, 0.4) is 0 Å². The molecule has 2 nitrogen and oxygen atoms in total. The number of thioether (sulfide) groups is 1. The molecule has 0 saturated heterocycles. The molecule has 0 radical (unpaired) electrons. The Kier molecular flexibility index (Phi) is 6.37. The quantitative estimate of drug-likeness (QED) is 0.623. The van der Waals surface area contributed by atoms with Crippen molar-refractivity contribution in [1.29, 1.82) is 0 Å². The average Bonchev–Trinajstić information content (AvgIpc) is 2.49. The minimum absolute atomic E-state index is 0.136. The highest BCUT2D eigenvalue weighted by Crippen LogP contribution is 2.23.